The summed E-state index contributed by atoms with van der Waals surface area (Å²) in [5, 5.41) is 23.4. The summed E-state index contributed by atoms with van der Waals surface area (Å²) in [7, 11) is -3.05. The van der Waals surface area contributed by atoms with Gasteiger partial charge in [0.1, 0.15) is 5.82 Å². The molecule has 16 heteroatoms. The smallest absolute Gasteiger partial charge is 0.325 e. The van der Waals surface area contributed by atoms with Gasteiger partial charge in [0.25, 0.3) is 15.0 Å². The first-order valence-corrected chi connectivity index (χ1v) is 13.0. The van der Waals surface area contributed by atoms with E-state index in [1.807, 2.05) is 0 Å². The number of ketones is 1. The SMILES string of the molecule is Cn1nnnc1S(=O)(=O)c1sc(NC(=O)Nc2ccc(F)cc2C(=O)C2CCCC2)nc1CC(=O)O. The third kappa shape index (κ3) is 5.23. The van der Waals surface area contributed by atoms with Crippen LogP contribution in [0.15, 0.2) is 27.6 Å². The number of hydrogen-bond acceptors (Lipinski definition) is 10. The second-order valence-electron chi connectivity index (χ2n) is 8.03. The first-order chi connectivity index (χ1) is 17.1. The number of urea groups is 1. The Morgan fingerprint density at radius 2 is 1.94 bits per heavy atom. The van der Waals surface area contributed by atoms with Crippen LogP contribution in [0.3, 0.4) is 0 Å². The number of carboxylic acids is 1. The maximum atomic E-state index is 13.9. The Hall–Kier alpha value is -3.79. The first kappa shape index (κ1) is 25.3. The van der Waals surface area contributed by atoms with E-state index in [0.29, 0.717) is 24.2 Å². The number of rotatable bonds is 8. The van der Waals surface area contributed by atoms with Crippen molar-refractivity contribution in [2.45, 2.75) is 41.5 Å². The van der Waals surface area contributed by atoms with Gasteiger partial charge in [-0.25, -0.2) is 27.3 Å². The van der Waals surface area contributed by atoms with Crippen LogP contribution in [0.1, 0.15) is 41.7 Å². The van der Waals surface area contributed by atoms with Crippen molar-refractivity contribution in [3.05, 3.63) is 35.3 Å². The molecule has 1 aliphatic carbocycles. The number of benzene rings is 1. The van der Waals surface area contributed by atoms with Crippen LogP contribution in [0.2, 0.25) is 0 Å². The quantitative estimate of drug-likeness (QED) is 0.360. The Morgan fingerprint density at radius 1 is 1.22 bits per heavy atom. The van der Waals surface area contributed by atoms with Crippen LogP contribution in [0, 0.1) is 11.7 Å². The van der Waals surface area contributed by atoms with E-state index in [-0.39, 0.29) is 33.8 Å². The molecule has 0 saturated heterocycles. The van der Waals surface area contributed by atoms with E-state index in [2.05, 4.69) is 31.1 Å². The molecule has 2 aromatic heterocycles. The van der Waals surface area contributed by atoms with Crippen molar-refractivity contribution in [3.63, 3.8) is 0 Å². The van der Waals surface area contributed by atoms with Gasteiger partial charge in [0.2, 0.25) is 0 Å². The van der Waals surface area contributed by atoms with Gasteiger partial charge in [-0.15, -0.1) is 0 Å². The molecule has 0 radical (unpaired) electrons. The van der Waals surface area contributed by atoms with Gasteiger partial charge < -0.3 is 10.4 Å². The van der Waals surface area contributed by atoms with Crippen LogP contribution >= 0.6 is 11.3 Å². The molecule has 2 heterocycles. The summed E-state index contributed by atoms with van der Waals surface area (Å²) in [6, 6.07) is 2.52. The Bertz CT molecular complexity index is 1450. The summed E-state index contributed by atoms with van der Waals surface area (Å²) in [5.41, 5.74) is -0.211. The molecular weight excluding hydrogens is 517 g/mol. The van der Waals surface area contributed by atoms with Gasteiger partial charge in [-0.2, -0.15) is 0 Å². The lowest BCUT2D eigenvalue weighted by atomic mass is 9.95. The molecule has 0 aliphatic heterocycles. The fraction of sp³-hybridized carbons (Fsp3) is 0.350. The van der Waals surface area contributed by atoms with E-state index in [0.717, 1.165) is 29.7 Å². The number of hydrogen-bond donors (Lipinski definition) is 3. The minimum absolute atomic E-state index is 0.0285. The van der Waals surface area contributed by atoms with Crippen molar-refractivity contribution in [2.24, 2.45) is 13.0 Å². The molecule has 3 aromatic rings. The summed E-state index contributed by atoms with van der Waals surface area (Å²) < 4.78 is 40.3. The Morgan fingerprint density at radius 3 is 2.58 bits per heavy atom. The van der Waals surface area contributed by atoms with Crippen LogP contribution in [0.5, 0.6) is 0 Å². The molecule has 36 heavy (non-hydrogen) atoms. The van der Waals surface area contributed by atoms with Crippen molar-refractivity contribution in [3.8, 4) is 0 Å². The molecular formula is C20H20FN7O6S2. The van der Waals surface area contributed by atoms with Crippen LogP contribution in [-0.2, 0) is 28.1 Å². The minimum atomic E-state index is -4.35. The van der Waals surface area contributed by atoms with Gasteiger partial charge in [0, 0.05) is 18.5 Å². The summed E-state index contributed by atoms with van der Waals surface area (Å²) in [6.45, 7) is 0. The number of thiazole rings is 1. The highest BCUT2D eigenvalue weighted by Crippen LogP contribution is 2.33. The Kier molecular flexibility index (Phi) is 7.07. The highest BCUT2D eigenvalue weighted by molar-refractivity contribution is 7.93. The van der Waals surface area contributed by atoms with Gasteiger partial charge in [-0.3, -0.25) is 14.9 Å². The second-order valence-corrected chi connectivity index (χ2v) is 11.1. The molecule has 1 fully saturated rings. The van der Waals surface area contributed by atoms with Crippen molar-refractivity contribution in [2.75, 3.05) is 10.6 Å². The number of nitrogens with zero attached hydrogens (tertiary/aromatic N) is 5. The van der Waals surface area contributed by atoms with Gasteiger partial charge in [-0.1, -0.05) is 29.3 Å². The number of halogens is 1. The van der Waals surface area contributed by atoms with E-state index >= 15 is 0 Å². The number of sulfone groups is 1. The predicted octanol–water partition coefficient (Wildman–Crippen LogP) is 2.28. The molecule has 0 spiro atoms. The summed E-state index contributed by atoms with van der Waals surface area (Å²) in [4.78, 5) is 40.8. The number of tetrazole rings is 1. The van der Waals surface area contributed by atoms with E-state index in [4.69, 9.17) is 0 Å². The highest BCUT2D eigenvalue weighted by Gasteiger charge is 2.32. The first-order valence-electron chi connectivity index (χ1n) is 10.7. The van der Waals surface area contributed by atoms with E-state index < -0.39 is 43.4 Å². The number of anilines is 2. The van der Waals surface area contributed by atoms with Gasteiger partial charge >= 0.3 is 12.0 Å². The van der Waals surface area contributed by atoms with Crippen LogP contribution in [0.25, 0.3) is 0 Å². The zero-order chi connectivity index (χ0) is 26.0. The molecule has 0 atom stereocenters. The fourth-order valence-electron chi connectivity index (χ4n) is 3.88. The third-order valence-electron chi connectivity index (χ3n) is 5.49. The molecule has 1 aromatic carbocycles. The highest BCUT2D eigenvalue weighted by atomic mass is 32.2. The lowest BCUT2D eigenvalue weighted by Gasteiger charge is -2.14. The maximum Gasteiger partial charge on any atom is 0.325 e. The van der Waals surface area contributed by atoms with E-state index in [1.54, 1.807) is 0 Å². The molecule has 3 N–H and O–H groups in total. The fourth-order valence-corrected chi connectivity index (χ4v) is 6.61. The summed E-state index contributed by atoms with van der Waals surface area (Å²) in [5.74, 6) is -2.50. The molecule has 2 amide bonds. The molecule has 1 saturated carbocycles. The lowest BCUT2D eigenvalue weighted by molar-refractivity contribution is -0.136. The lowest BCUT2D eigenvalue weighted by Crippen LogP contribution is -2.22. The number of aromatic nitrogens is 5. The maximum absolute atomic E-state index is 13.9. The monoisotopic (exact) mass is 537 g/mol. The van der Waals surface area contributed by atoms with E-state index in [9.17, 15) is 32.3 Å². The topological polar surface area (TPSA) is 186 Å². The average Bonchev–Trinajstić information content (AvgIpc) is 3.56. The number of nitrogens with one attached hydrogen (secondary N) is 2. The molecule has 4 rings (SSSR count). The van der Waals surface area contributed by atoms with Gasteiger partial charge in [0.05, 0.1) is 17.8 Å². The van der Waals surface area contributed by atoms with Crippen LogP contribution in [-0.4, -0.2) is 56.5 Å². The number of Topliss-reactive ketones (excluding diaryl/α,β-unsaturated/α-hetero) is 1. The van der Waals surface area contributed by atoms with Crippen LogP contribution in [0.4, 0.5) is 20.0 Å². The van der Waals surface area contributed by atoms with Crippen molar-refractivity contribution in [1.82, 2.24) is 25.2 Å². The minimum Gasteiger partial charge on any atom is -0.481 e. The van der Waals surface area contributed by atoms with E-state index in [1.165, 1.54) is 13.1 Å². The molecule has 190 valence electrons. The molecule has 13 nitrogen and oxygen atoms in total. The molecule has 0 bridgehead atoms. The number of aliphatic carboxylic acids is 1. The number of carboxylic acid groups (broad SMARTS) is 1. The Balaban J connectivity index is 1.59. The van der Waals surface area contributed by atoms with Crippen molar-refractivity contribution in [1.29, 1.82) is 0 Å². The standard InChI is InChI=1S/C20H20FN7O6S2/c1-28-20(25-26-27-28)36(33,34)17-14(9-15(29)30)23-19(35-17)24-18(32)22-13-7-6-11(21)8-12(13)16(31)10-4-2-3-5-10/h6-8,10H,2-5,9H2,1H3,(H,29,30)(H2,22,23,24,32). The largest absolute Gasteiger partial charge is 0.481 e. The second kappa shape index (κ2) is 10.1. The van der Waals surface area contributed by atoms with Gasteiger partial charge in [0.15, 0.2) is 15.1 Å². The normalized spacial score (nSPS) is 14.1. The summed E-state index contributed by atoms with van der Waals surface area (Å²) in [6.07, 6.45) is 2.42. The number of aryl methyl sites for hydroxylation is 1. The average molecular weight is 538 g/mol. The van der Waals surface area contributed by atoms with Crippen molar-refractivity contribution < 1.29 is 32.3 Å². The zero-order valence-electron chi connectivity index (χ0n) is 18.8. The molecule has 0 unspecified atom stereocenters. The number of carbonyl (C=O) groups is 3. The summed E-state index contributed by atoms with van der Waals surface area (Å²) >= 11 is 0.517. The van der Waals surface area contributed by atoms with Crippen LogP contribution < -0.4 is 10.6 Å². The Labute approximate surface area is 207 Å². The number of amides is 2. The third-order valence-corrected chi connectivity index (χ3v) is 8.75. The number of carbonyl (C=O) groups excluding carboxylic acids is 2. The van der Waals surface area contributed by atoms with Crippen molar-refractivity contribution >= 4 is 49.8 Å². The van der Waals surface area contributed by atoms with Gasteiger partial charge in [-0.05, 0) is 41.5 Å². The predicted molar refractivity (Wildman–Crippen MR) is 123 cm³/mol. The zero-order valence-corrected chi connectivity index (χ0v) is 20.4. The molecule has 1 aliphatic rings.